The zero-order valence-electron chi connectivity index (χ0n) is 15.4. The highest BCUT2D eigenvalue weighted by molar-refractivity contribution is 6.35. The van der Waals surface area contributed by atoms with E-state index >= 15 is 0 Å². The molecule has 2 aliphatic heterocycles. The standard InChI is InChI=1S/C20H27ClN4O/c1-13-10-14(23-17-7-9-24(2)20(17)26)12-25(11-13)18-6-5-16(21)19-15(18)4-3-8-22-19/h3-6,8,13-14,17,20,23,26H,7,9-12H2,1-2H3/t13-,14+,17?,20?/m0/s1. The molecule has 0 saturated carbocycles. The van der Waals surface area contributed by atoms with Crippen LogP contribution in [0.2, 0.25) is 5.02 Å². The van der Waals surface area contributed by atoms with E-state index < -0.39 is 0 Å². The van der Waals surface area contributed by atoms with Crippen molar-refractivity contribution in [2.24, 2.45) is 5.92 Å². The SMILES string of the molecule is C[C@H]1C[C@@H](NC2CCN(C)C2O)CN(c2ccc(Cl)c3ncccc23)C1. The number of aromatic nitrogens is 1. The van der Waals surface area contributed by atoms with Crippen molar-refractivity contribution in [1.29, 1.82) is 0 Å². The molecule has 4 atom stereocenters. The summed E-state index contributed by atoms with van der Waals surface area (Å²) in [5.41, 5.74) is 2.06. The van der Waals surface area contributed by atoms with Crippen molar-refractivity contribution in [3.63, 3.8) is 0 Å². The van der Waals surface area contributed by atoms with Crippen LogP contribution in [0.3, 0.4) is 0 Å². The Bertz CT molecular complexity index is 785. The maximum atomic E-state index is 10.3. The van der Waals surface area contributed by atoms with E-state index in [0.717, 1.165) is 43.4 Å². The van der Waals surface area contributed by atoms with E-state index in [1.165, 1.54) is 5.69 Å². The first kappa shape index (κ1) is 18.0. The Balaban J connectivity index is 1.57. The number of hydrogen-bond donors (Lipinski definition) is 2. The molecular formula is C20H27ClN4O. The summed E-state index contributed by atoms with van der Waals surface area (Å²) in [4.78, 5) is 8.92. The second-order valence-electron chi connectivity index (χ2n) is 7.86. The summed E-state index contributed by atoms with van der Waals surface area (Å²) in [5.74, 6) is 0.583. The second-order valence-corrected chi connectivity index (χ2v) is 8.27. The maximum absolute atomic E-state index is 10.3. The van der Waals surface area contributed by atoms with Gasteiger partial charge in [-0.15, -0.1) is 0 Å². The molecule has 2 aromatic rings. The molecule has 4 rings (SSSR count). The van der Waals surface area contributed by atoms with E-state index in [4.69, 9.17) is 11.6 Å². The summed E-state index contributed by atoms with van der Waals surface area (Å²) in [6.45, 7) is 5.20. The number of rotatable bonds is 3. The van der Waals surface area contributed by atoms with Crippen molar-refractivity contribution >= 4 is 28.2 Å². The first-order chi connectivity index (χ1) is 12.5. The largest absolute Gasteiger partial charge is 0.377 e. The molecule has 1 aromatic heterocycles. The topological polar surface area (TPSA) is 51.6 Å². The Morgan fingerprint density at radius 3 is 2.88 bits per heavy atom. The molecule has 0 aliphatic carbocycles. The van der Waals surface area contributed by atoms with Crippen molar-refractivity contribution in [3.05, 3.63) is 35.5 Å². The predicted octanol–water partition coefficient (Wildman–Crippen LogP) is 2.72. The Labute approximate surface area is 160 Å². The number of benzene rings is 1. The van der Waals surface area contributed by atoms with Crippen LogP contribution in [-0.2, 0) is 0 Å². The van der Waals surface area contributed by atoms with Crippen LogP contribution < -0.4 is 10.2 Å². The lowest BCUT2D eigenvalue weighted by Gasteiger charge is -2.40. The van der Waals surface area contributed by atoms with Crippen LogP contribution in [0.1, 0.15) is 19.8 Å². The Hall–Kier alpha value is -1.40. The summed E-state index contributed by atoms with van der Waals surface area (Å²) in [5, 5.41) is 15.8. The molecule has 3 heterocycles. The van der Waals surface area contributed by atoms with Gasteiger partial charge in [0.1, 0.15) is 6.23 Å². The minimum absolute atomic E-state index is 0.153. The molecule has 0 radical (unpaired) electrons. The van der Waals surface area contributed by atoms with Crippen LogP contribution in [0.15, 0.2) is 30.5 Å². The fourth-order valence-electron chi connectivity index (χ4n) is 4.47. The molecule has 140 valence electrons. The number of likely N-dealkylation sites (tertiary alicyclic amines) is 1. The minimum Gasteiger partial charge on any atom is -0.377 e. The van der Waals surface area contributed by atoms with Crippen molar-refractivity contribution < 1.29 is 5.11 Å². The summed E-state index contributed by atoms with van der Waals surface area (Å²) in [6, 6.07) is 8.65. The first-order valence-corrected chi connectivity index (χ1v) is 9.83. The molecule has 2 N–H and O–H groups in total. The van der Waals surface area contributed by atoms with Crippen molar-refractivity contribution in [2.45, 2.75) is 38.1 Å². The molecule has 5 nitrogen and oxygen atoms in total. The van der Waals surface area contributed by atoms with Crippen molar-refractivity contribution in [1.82, 2.24) is 15.2 Å². The first-order valence-electron chi connectivity index (χ1n) is 9.45. The third-order valence-electron chi connectivity index (χ3n) is 5.75. The smallest absolute Gasteiger partial charge is 0.122 e. The van der Waals surface area contributed by atoms with Crippen molar-refractivity contribution in [2.75, 3.05) is 31.6 Å². The van der Waals surface area contributed by atoms with Gasteiger partial charge in [0.15, 0.2) is 0 Å². The summed E-state index contributed by atoms with van der Waals surface area (Å²) >= 11 is 6.34. The lowest BCUT2D eigenvalue weighted by Crippen LogP contribution is -2.54. The predicted molar refractivity (Wildman–Crippen MR) is 107 cm³/mol. The minimum atomic E-state index is -0.388. The van der Waals surface area contributed by atoms with E-state index in [1.54, 1.807) is 6.20 Å². The summed E-state index contributed by atoms with van der Waals surface area (Å²) in [6.07, 6.45) is 3.53. The molecule has 2 saturated heterocycles. The molecule has 0 amide bonds. The third-order valence-corrected chi connectivity index (χ3v) is 6.06. The number of hydrogen-bond acceptors (Lipinski definition) is 5. The fraction of sp³-hybridized carbons (Fsp3) is 0.550. The van der Waals surface area contributed by atoms with Crippen molar-refractivity contribution in [3.8, 4) is 0 Å². The number of likely N-dealkylation sites (N-methyl/N-ethyl adjacent to an activating group) is 1. The molecule has 2 unspecified atom stereocenters. The number of aliphatic hydroxyl groups excluding tert-OH is 1. The fourth-order valence-corrected chi connectivity index (χ4v) is 4.68. The second kappa shape index (κ2) is 7.31. The summed E-state index contributed by atoms with van der Waals surface area (Å²) < 4.78 is 0. The molecule has 1 aromatic carbocycles. The molecule has 6 heteroatoms. The highest BCUT2D eigenvalue weighted by atomic mass is 35.5. The quantitative estimate of drug-likeness (QED) is 0.865. The number of fused-ring (bicyclic) bond motifs is 1. The lowest BCUT2D eigenvalue weighted by molar-refractivity contribution is 0.0330. The van der Waals surface area contributed by atoms with Gasteiger partial charge in [-0.2, -0.15) is 0 Å². The van der Waals surface area contributed by atoms with Gasteiger partial charge in [-0.25, -0.2) is 0 Å². The lowest BCUT2D eigenvalue weighted by atomic mass is 9.94. The maximum Gasteiger partial charge on any atom is 0.122 e. The molecule has 2 fully saturated rings. The van der Waals surface area contributed by atoms with E-state index in [0.29, 0.717) is 17.0 Å². The van der Waals surface area contributed by atoms with Gasteiger partial charge in [-0.3, -0.25) is 9.88 Å². The normalized spacial score (nSPS) is 30.2. The van der Waals surface area contributed by atoms with Crippen LogP contribution in [0, 0.1) is 5.92 Å². The van der Waals surface area contributed by atoms with Gasteiger partial charge in [0.2, 0.25) is 0 Å². The number of piperidine rings is 1. The highest BCUT2D eigenvalue weighted by Gasteiger charge is 2.34. The average Bonchev–Trinajstić information content (AvgIpc) is 2.94. The van der Waals surface area contributed by atoms with Gasteiger partial charge < -0.3 is 15.3 Å². The van der Waals surface area contributed by atoms with Crippen LogP contribution in [0.5, 0.6) is 0 Å². The van der Waals surface area contributed by atoms with Gasteiger partial charge in [0.25, 0.3) is 0 Å². The van der Waals surface area contributed by atoms with Crippen LogP contribution in [0.4, 0.5) is 5.69 Å². The van der Waals surface area contributed by atoms with Crippen LogP contribution in [0.25, 0.3) is 10.9 Å². The Morgan fingerprint density at radius 2 is 2.12 bits per heavy atom. The number of aliphatic hydroxyl groups is 1. The van der Waals surface area contributed by atoms with Gasteiger partial charge in [0, 0.05) is 49.0 Å². The zero-order chi connectivity index (χ0) is 18.3. The van der Waals surface area contributed by atoms with Gasteiger partial charge in [-0.05, 0) is 50.1 Å². The highest BCUT2D eigenvalue weighted by Crippen LogP contribution is 2.33. The molecule has 2 aliphatic rings. The third kappa shape index (κ3) is 3.41. The van der Waals surface area contributed by atoms with Crippen LogP contribution >= 0.6 is 11.6 Å². The Kier molecular flexibility index (Phi) is 5.06. The van der Waals surface area contributed by atoms with E-state index in [-0.39, 0.29) is 12.3 Å². The Morgan fingerprint density at radius 1 is 1.27 bits per heavy atom. The van der Waals surface area contributed by atoms with E-state index in [9.17, 15) is 5.11 Å². The monoisotopic (exact) mass is 374 g/mol. The van der Waals surface area contributed by atoms with E-state index in [2.05, 4.69) is 34.3 Å². The number of nitrogens with zero attached hydrogens (tertiary/aromatic N) is 3. The number of anilines is 1. The molecule has 0 spiro atoms. The average molecular weight is 375 g/mol. The van der Waals surface area contributed by atoms with Gasteiger partial charge in [0.05, 0.1) is 10.5 Å². The number of pyridine rings is 1. The van der Waals surface area contributed by atoms with Crippen LogP contribution in [-0.4, -0.2) is 60.0 Å². The van der Waals surface area contributed by atoms with Gasteiger partial charge >= 0.3 is 0 Å². The molecular weight excluding hydrogens is 348 g/mol. The number of nitrogens with one attached hydrogen (secondary N) is 1. The van der Waals surface area contributed by atoms with Gasteiger partial charge in [-0.1, -0.05) is 18.5 Å². The number of halogens is 1. The molecule has 26 heavy (non-hydrogen) atoms. The zero-order valence-corrected chi connectivity index (χ0v) is 16.2. The summed E-state index contributed by atoms with van der Waals surface area (Å²) in [7, 11) is 1.98. The molecule has 0 bridgehead atoms. The van der Waals surface area contributed by atoms with E-state index in [1.807, 2.05) is 24.1 Å².